The maximum absolute atomic E-state index is 9.54. The van der Waals surface area contributed by atoms with Gasteiger partial charge in [0.15, 0.2) is 0 Å². The monoisotopic (exact) mass is 164 g/mol. The fourth-order valence-electron chi connectivity index (χ4n) is 1.71. The average molecular weight is 164 g/mol. The van der Waals surface area contributed by atoms with Gasteiger partial charge in [-0.05, 0) is 11.6 Å². The van der Waals surface area contributed by atoms with Crippen molar-refractivity contribution in [2.75, 3.05) is 0 Å². The molecule has 0 fully saturated rings. The van der Waals surface area contributed by atoms with Gasteiger partial charge in [-0.15, -0.1) is 0 Å². The average Bonchev–Trinajstić information content (AvgIpc) is 2.29. The maximum atomic E-state index is 9.54. The summed E-state index contributed by atoms with van der Waals surface area (Å²) in [4.78, 5) is 0. The third-order valence-corrected chi connectivity index (χ3v) is 2.39. The summed E-state index contributed by atoms with van der Waals surface area (Å²) >= 11 is 0. The fraction of sp³-hybridized carbons (Fsp3) is 0.400. The first kappa shape index (κ1) is 7.62. The SMILES string of the molecule is CC1(C)C=CC2=C1C(O)OC=C2. The molecule has 0 bridgehead atoms. The van der Waals surface area contributed by atoms with Crippen molar-refractivity contribution in [2.45, 2.75) is 20.1 Å². The van der Waals surface area contributed by atoms with E-state index in [1.165, 1.54) is 6.26 Å². The van der Waals surface area contributed by atoms with Gasteiger partial charge in [0.1, 0.15) is 0 Å². The molecule has 0 saturated carbocycles. The third kappa shape index (κ3) is 0.916. The minimum Gasteiger partial charge on any atom is -0.469 e. The standard InChI is InChI=1S/C10H12O2/c1-10(2)5-3-7-4-6-12-9(11)8(7)10/h3-6,9,11H,1-2H3. The predicted octanol–water partition coefficient (Wildman–Crippen LogP) is 1.74. The molecule has 2 heteroatoms. The van der Waals surface area contributed by atoms with Crippen LogP contribution in [0.1, 0.15) is 13.8 Å². The minimum absolute atomic E-state index is 0.0699. The van der Waals surface area contributed by atoms with Crippen LogP contribution in [0, 0.1) is 5.41 Å². The summed E-state index contributed by atoms with van der Waals surface area (Å²) in [6.07, 6.45) is 6.76. The first-order chi connectivity index (χ1) is 5.61. The van der Waals surface area contributed by atoms with Gasteiger partial charge in [-0.1, -0.05) is 26.0 Å². The zero-order chi connectivity index (χ0) is 8.77. The molecule has 2 nitrogen and oxygen atoms in total. The van der Waals surface area contributed by atoms with Crippen molar-refractivity contribution in [3.05, 3.63) is 35.6 Å². The number of hydrogen-bond acceptors (Lipinski definition) is 2. The highest BCUT2D eigenvalue weighted by molar-refractivity contribution is 5.48. The second kappa shape index (κ2) is 2.23. The molecule has 12 heavy (non-hydrogen) atoms. The number of aliphatic hydroxyl groups is 1. The highest BCUT2D eigenvalue weighted by Crippen LogP contribution is 2.40. The molecule has 1 atom stereocenters. The van der Waals surface area contributed by atoms with Gasteiger partial charge in [-0.3, -0.25) is 0 Å². The van der Waals surface area contributed by atoms with E-state index < -0.39 is 6.29 Å². The van der Waals surface area contributed by atoms with E-state index in [0.29, 0.717) is 0 Å². The van der Waals surface area contributed by atoms with Gasteiger partial charge >= 0.3 is 0 Å². The summed E-state index contributed by atoms with van der Waals surface area (Å²) < 4.78 is 5.00. The molecule has 1 aliphatic heterocycles. The van der Waals surface area contributed by atoms with Gasteiger partial charge in [0.2, 0.25) is 6.29 Å². The van der Waals surface area contributed by atoms with E-state index in [-0.39, 0.29) is 5.41 Å². The molecule has 2 rings (SSSR count). The van der Waals surface area contributed by atoms with Crippen molar-refractivity contribution in [3.8, 4) is 0 Å². The Bertz CT molecular complexity index is 295. The Balaban J connectivity index is 2.47. The van der Waals surface area contributed by atoms with Crippen molar-refractivity contribution >= 4 is 0 Å². The van der Waals surface area contributed by atoms with Crippen LogP contribution >= 0.6 is 0 Å². The number of rotatable bonds is 0. The summed E-state index contributed by atoms with van der Waals surface area (Å²) in [5, 5.41) is 9.54. The molecule has 0 aromatic rings. The molecule has 1 heterocycles. The van der Waals surface area contributed by atoms with Crippen molar-refractivity contribution in [3.63, 3.8) is 0 Å². The summed E-state index contributed by atoms with van der Waals surface area (Å²) in [5.74, 6) is 0. The van der Waals surface area contributed by atoms with Crippen LogP contribution in [0.4, 0.5) is 0 Å². The second-order valence-electron chi connectivity index (χ2n) is 3.72. The van der Waals surface area contributed by atoms with Gasteiger partial charge in [0, 0.05) is 11.0 Å². The molecular formula is C10H12O2. The smallest absolute Gasteiger partial charge is 0.221 e. The summed E-state index contributed by atoms with van der Waals surface area (Å²) in [5.41, 5.74) is 1.98. The van der Waals surface area contributed by atoms with E-state index in [1.807, 2.05) is 12.2 Å². The largest absolute Gasteiger partial charge is 0.469 e. The molecule has 0 spiro atoms. The summed E-state index contributed by atoms with van der Waals surface area (Å²) in [6.45, 7) is 4.13. The van der Waals surface area contributed by atoms with Gasteiger partial charge in [-0.2, -0.15) is 0 Å². The number of hydrogen-bond donors (Lipinski definition) is 1. The van der Waals surface area contributed by atoms with E-state index in [9.17, 15) is 5.11 Å². The third-order valence-electron chi connectivity index (χ3n) is 2.39. The van der Waals surface area contributed by atoms with Crippen LogP contribution in [-0.4, -0.2) is 11.4 Å². The molecule has 1 N–H and O–H groups in total. The van der Waals surface area contributed by atoms with Gasteiger partial charge in [0.25, 0.3) is 0 Å². The Kier molecular flexibility index (Phi) is 1.42. The van der Waals surface area contributed by atoms with Crippen LogP contribution < -0.4 is 0 Å². The van der Waals surface area contributed by atoms with Gasteiger partial charge in [-0.25, -0.2) is 0 Å². The lowest BCUT2D eigenvalue weighted by atomic mass is 9.85. The Morgan fingerprint density at radius 2 is 2.17 bits per heavy atom. The second-order valence-corrected chi connectivity index (χ2v) is 3.72. The van der Waals surface area contributed by atoms with Crippen LogP contribution in [0.2, 0.25) is 0 Å². The number of ether oxygens (including phenoxy) is 1. The van der Waals surface area contributed by atoms with Crippen LogP contribution in [0.3, 0.4) is 0 Å². The van der Waals surface area contributed by atoms with E-state index in [0.717, 1.165) is 11.1 Å². The first-order valence-corrected chi connectivity index (χ1v) is 4.05. The highest BCUT2D eigenvalue weighted by atomic mass is 16.6. The summed E-state index contributed by atoms with van der Waals surface area (Å²) in [6, 6.07) is 0. The molecule has 1 unspecified atom stereocenters. The topological polar surface area (TPSA) is 29.5 Å². The molecule has 1 aliphatic carbocycles. The number of allylic oxidation sites excluding steroid dienone is 4. The van der Waals surface area contributed by atoms with E-state index in [1.54, 1.807) is 0 Å². The fourth-order valence-corrected chi connectivity index (χ4v) is 1.71. The number of aliphatic hydroxyl groups excluding tert-OH is 1. The van der Waals surface area contributed by atoms with Crippen molar-refractivity contribution in [1.82, 2.24) is 0 Å². The van der Waals surface area contributed by atoms with E-state index in [4.69, 9.17) is 4.74 Å². The van der Waals surface area contributed by atoms with Crippen LogP contribution in [0.15, 0.2) is 35.6 Å². The Hall–Kier alpha value is -1.02. The Labute approximate surface area is 71.9 Å². The normalized spacial score (nSPS) is 30.4. The Morgan fingerprint density at radius 1 is 1.42 bits per heavy atom. The van der Waals surface area contributed by atoms with E-state index >= 15 is 0 Å². The predicted molar refractivity (Wildman–Crippen MR) is 46.2 cm³/mol. The minimum atomic E-state index is -0.769. The van der Waals surface area contributed by atoms with Crippen LogP contribution in [0.25, 0.3) is 0 Å². The molecule has 64 valence electrons. The molecular weight excluding hydrogens is 152 g/mol. The Morgan fingerprint density at radius 3 is 2.83 bits per heavy atom. The molecule has 0 amide bonds. The summed E-state index contributed by atoms with van der Waals surface area (Å²) in [7, 11) is 0. The lowest BCUT2D eigenvalue weighted by Gasteiger charge is -2.27. The van der Waals surface area contributed by atoms with Gasteiger partial charge < -0.3 is 9.84 Å². The lowest BCUT2D eigenvalue weighted by molar-refractivity contribution is -0.0328. The van der Waals surface area contributed by atoms with Crippen molar-refractivity contribution < 1.29 is 9.84 Å². The first-order valence-electron chi connectivity index (χ1n) is 4.05. The molecule has 2 aliphatic rings. The molecule has 0 saturated heterocycles. The van der Waals surface area contributed by atoms with Gasteiger partial charge in [0.05, 0.1) is 6.26 Å². The maximum Gasteiger partial charge on any atom is 0.221 e. The quantitative estimate of drug-likeness (QED) is 0.591. The van der Waals surface area contributed by atoms with Crippen molar-refractivity contribution in [2.24, 2.45) is 5.41 Å². The molecule has 0 aromatic heterocycles. The van der Waals surface area contributed by atoms with Crippen LogP contribution in [-0.2, 0) is 4.74 Å². The highest BCUT2D eigenvalue weighted by Gasteiger charge is 2.34. The molecule has 0 aromatic carbocycles. The van der Waals surface area contributed by atoms with E-state index in [2.05, 4.69) is 19.9 Å². The zero-order valence-electron chi connectivity index (χ0n) is 7.24. The van der Waals surface area contributed by atoms with Crippen molar-refractivity contribution in [1.29, 1.82) is 0 Å². The molecule has 0 radical (unpaired) electrons. The van der Waals surface area contributed by atoms with Crippen LogP contribution in [0.5, 0.6) is 0 Å². The zero-order valence-corrected chi connectivity index (χ0v) is 7.24. The lowest BCUT2D eigenvalue weighted by Crippen LogP contribution is -2.24.